The molecule has 1 saturated heterocycles. The number of aromatic amines is 1. The summed E-state index contributed by atoms with van der Waals surface area (Å²) in [6.07, 6.45) is 1.44. The van der Waals surface area contributed by atoms with Gasteiger partial charge in [0.1, 0.15) is 11.4 Å². The van der Waals surface area contributed by atoms with Crippen molar-refractivity contribution in [3.63, 3.8) is 0 Å². The average Bonchev–Trinajstić information content (AvgIpc) is 2.82. The van der Waals surface area contributed by atoms with Crippen LogP contribution in [0, 0.1) is 0 Å². The minimum Gasteiger partial charge on any atom is -0.478 e. The van der Waals surface area contributed by atoms with E-state index in [2.05, 4.69) is 20.1 Å². The number of anilines is 1. The van der Waals surface area contributed by atoms with Gasteiger partial charge in [-0.2, -0.15) is 0 Å². The smallest absolute Gasteiger partial charge is 0.335 e. The standard InChI is InChI=1S/C24H32ClN5O5/c1-29(13-15-4-6-16(7-5-15)24(33)34)9-3-10-30-11-8-19(20(14-30)35-2)27-22(31)17-12-18(25)21(26)28-23(17)32/h4-7,12,19-20H,3,8-11,13-14H2,1-2H3,(H,27,31)(H,33,34)(H3,26,28,32)/t19-,20+/m1/s1. The zero-order valence-corrected chi connectivity index (χ0v) is 20.7. The molecule has 1 aromatic carbocycles. The number of hydrogen-bond donors (Lipinski definition) is 4. The van der Waals surface area contributed by atoms with Crippen LogP contribution in [0.5, 0.6) is 0 Å². The second-order valence-corrected chi connectivity index (χ2v) is 9.22. The molecule has 0 aliphatic carbocycles. The van der Waals surface area contributed by atoms with Crippen LogP contribution in [0.4, 0.5) is 5.82 Å². The van der Waals surface area contributed by atoms with E-state index in [-0.39, 0.29) is 34.1 Å². The second kappa shape index (κ2) is 12.2. The van der Waals surface area contributed by atoms with Crippen molar-refractivity contribution >= 4 is 29.3 Å². The van der Waals surface area contributed by atoms with Gasteiger partial charge in [0.05, 0.1) is 22.7 Å². The van der Waals surface area contributed by atoms with E-state index in [1.165, 1.54) is 6.07 Å². The molecule has 190 valence electrons. The number of methoxy groups -OCH3 is 1. The number of aromatic carboxylic acids is 1. The summed E-state index contributed by atoms with van der Waals surface area (Å²) in [5.74, 6) is -1.41. The highest BCUT2D eigenvalue weighted by Gasteiger charge is 2.31. The average molecular weight is 506 g/mol. The Bertz CT molecular complexity index is 1090. The maximum absolute atomic E-state index is 12.7. The van der Waals surface area contributed by atoms with Crippen LogP contribution in [0.2, 0.25) is 5.02 Å². The molecule has 2 heterocycles. The van der Waals surface area contributed by atoms with Crippen LogP contribution in [-0.2, 0) is 11.3 Å². The van der Waals surface area contributed by atoms with Crippen molar-refractivity contribution in [1.29, 1.82) is 0 Å². The fourth-order valence-corrected chi connectivity index (χ4v) is 4.39. The first-order valence-corrected chi connectivity index (χ1v) is 11.8. The van der Waals surface area contributed by atoms with Gasteiger partial charge in [0, 0.05) is 26.7 Å². The molecule has 2 aromatic rings. The number of benzene rings is 1. The normalized spacial score (nSPS) is 18.5. The van der Waals surface area contributed by atoms with Crippen LogP contribution in [0.15, 0.2) is 35.1 Å². The molecule has 1 aliphatic heterocycles. The van der Waals surface area contributed by atoms with Crippen molar-refractivity contribution in [2.24, 2.45) is 0 Å². The monoisotopic (exact) mass is 505 g/mol. The number of likely N-dealkylation sites (tertiary alicyclic amines) is 1. The van der Waals surface area contributed by atoms with Gasteiger partial charge in [0.2, 0.25) is 0 Å². The van der Waals surface area contributed by atoms with E-state index in [1.807, 2.05) is 19.2 Å². The van der Waals surface area contributed by atoms with Gasteiger partial charge in [-0.05, 0) is 56.7 Å². The minimum absolute atomic E-state index is 0.0260. The molecule has 0 bridgehead atoms. The summed E-state index contributed by atoms with van der Waals surface area (Å²) in [5, 5.41) is 12.0. The van der Waals surface area contributed by atoms with Gasteiger partial charge in [0.25, 0.3) is 11.5 Å². The number of carboxylic acid groups (broad SMARTS) is 1. The predicted molar refractivity (Wildman–Crippen MR) is 134 cm³/mol. The number of piperidine rings is 1. The number of nitrogen functional groups attached to an aromatic ring is 1. The van der Waals surface area contributed by atoms with Gasteiger partial charge in [-0.3, -0.25) is 9.59 Å². The maximum atomic E-state index is 12.7. The fourth-order valence-electron chi connectivity index (χ4n) is 4.23. The lowest BCUT2D eigenvalue weighted by Gasteiger charge is -2.38. The van der Waals surface area contributed by atoms with Gasteiger partial charge >= 0.3 is 5.97 Å². The Morgan fingerprint density at radius 1 is 1.34 bits per heavy atom. The summed E-state index contributed by atoms with van der Waals surface area (Å²) < 4.78 is 5.64. The molecular formula is C24H32ClN5O5. The quantitative estimate of drug-likeness (QED) is 0.382. The SMILES string of the molecule is CO[C@H]1CN(CCCN(C)Cc2ccc(C(=O)O)cc2)CC[C@H]1NC(=O)c1cc(Cl)c(N)[nH]c1=O. The number of nitrogens with two attached hydrogens (primary N) is 1. The zero-order valence-electron chi connectivity index (χ0n) is 19.9. The summed E-state index contributed by atoms with van der Waals surface area (Å²) in [5.41, 5.74) is 6.26. The largest absolute Gasteiger partial charge is 0.478 e. The van der Waals surface area contributed by atoms with Gasteiger partial charge in [0.15, 0.2) is 0 Å². The van der Waals surface area contributed by atoms with E-state index in [1.54, 1.807) is 19.2 Å². The van der Waals surface area contributed by atoms with Gasteiger partial charge < -0.3 is 35.7 Å². The van der Waals surface area contributed by atoms with Crippen LogP contribution in [-0.4, -0.2) is 84.2 Å². The summed E-state index contributed by atoms with van der Waals surface area (Å²) >= 11 is 5.95. The Hall–Kier alpha value is -2.92. The number of carbonyl (C=O) groups is 2. The van der Waals surface area contributed by atoms with Crippen LogP contribution in [0.1, 0.15) is 39.1 Å². The van der Waals surface area contributed by atoms with E-state index in [9.17, 15) is 14.4 Å². The number of amides is 1. The Balaban J connectivity index is 1.45. The summed E-state index contributed by atoms with van der Waals surface area (Å²) in [4.78, 5) is 42.6. The highest BCUT2D eigenvalue weighted by Crippen LogP contribution is 2.17. The molecule has 0 spiro atoms. The number of pyridine rings is 1. The third-order valence-electron chi connectivity index (χ3n) is 6.20. The fraction of sp³-hybridized carbons (Fsp3) is 0.458. The number of aromatic nitrogens is 1. The van der Waals surface area contributed by atoms with Crippen molar-refractivity contribution in [3.8, 4) is 0 Å². The minimum atomic E-state index is -0.925. The lowest BCUT2D eigenvalue weighted by molar-refractivity contribution is 0.00558. The van der Waals surface area contributed by atoms with E-state index in [0.717, 1.165) is 38.2 Å². The van der Waals surface area contributed by atoms with E-state index < -0.39 is 17.4 Å². The van der Waals surface area contributed by atoms with Crippen molar-refractivity contribution in [1.82, 2.24) is 20.1 Å². The first-order chi connectivity index (χ1) is 16.7. The molecule has 0 unspecified atom stereocenters. The van der Waals surface area contributed by atoms with Crippen molar-refractivity contribution in [3.05, 3.63) is 62.4 Å². The molecule has 35 heavy (non-hydrogen) atoms. The summed E-state index contributed by atoms with van der Waals surface area (Å²) in [6, 6.07) is 7.98. The topological polar surface area (TPSA) is 141 Å². The van der Waals surface area contributed by atoms with Gasteiger partial charge in [-0.1, -0.05) is 23.7 Å². The Kier molecular flexibility index (Phi) is 9.27. The lowest BCUT2D eigenvalue weighted by atomic mass is 10.0. The number of hydrogen-bond acceptors (Lipinski definition) is 7. The van der Waals surface area contributed by atoms with Crippen molar-refractivity contribution in [2.45, 2.75) is 31.5 Å². The molecule has 10 nitrogen and oxygen atoms in total. The number of rotatable bonds is 10. The Labute approximate surface area is 209 Å². The molecular weight excluding hydrogens is 474 g/mol. The first kappa shape index (κ1) is 26.7. The van der Waals surface area contributed by atoms with E-state index in [0.29, 0.717) is 13.0 Å². The number of halogens is 1. The second-order valence-electron chi connectivity index (χ2n) is 8.81. The number of carbonyl (C=O) groups excluding carboxylic acids is 1. The molecule has 1 amide bonds. The number of carboxylic acids is 1. The molecule has 0 radical (unpaired) electrons. The highest BCUT2D eigenvalue weighted by molar-refractivity contribution is 6.33. The maximum Gasteiger partial charge on any atom is 0.335 e. The third-order valence-corrected chi connectivity index (χ3v) is 6.51. The molecule has 0 saturated carbocycles. The van der Waals surface area contributed by atoms with E-state index >= 15 is 0 Å². The summed E-state index contributed by atoms with van der Waals surface area (Å²) in [7, 11) is 3.65. The summed E-state index contributed by atoms with van der Waals surface area (Å²) in [6.45, 7) is 3.97. The molecule has 2 atom stereocenters. The number of nitrogens with one attached hydrogen (secondary N) is 2. The number of nitrogens with zero attached hydrogens (tertiary/aromatic N) is 2. The van der Waals surface area contributed by atoms with Gasteiger partial charge in [-0.15, -0.1) is 0 Å². The highest BCUT2D eigenvalue weighted by atomic mass is 35.5. The molecule has 1 aliphatic rings. The first-order valence-electron chi connectivity index (χ1n) is 11.4. The molecule has 1 aromatic heterocycles. The van der Waals surface area contributed by atoms with Crippen molar-refractivity contribution < 1.29 is 19.4 Å². The van der Waals surface area contributed by atoms with Crippen LogP contribution in [0.3, 0.4) is 0 Å². The van der Waals surface area contributed by atoms with Gasteiger partial charge in [-0.25, -0.2) is 4.79 Å². The lowest BCUT2D eigenvalue weighted by Crippen LogP contribution is -2.55. The predicted octanol–water partition coefficient (Wildman–Crippen LogP) is 1.65. The molecule has 1 fully saturated rings. The van der Waals surface area contributed by atoms with Crippen LogP contribution < -0.4 is 16.6 Å². The van der Waals surface area contributed by atoms with Crippen LogP contribution in [0.25, 0.3) is 0 Å². The molecule has 3 rings (SSSR count). The Morgan fingerprint density at radius 3 is 2.71 bits per heavy atom. The number of ether oxygens (including phenoxy) is 1. The van der Waals surface area contributed by atoms with Crippen LogP contribution >= 0.6 is 11.6 Å². The van der Waals surface area contributed by atoms with Crippen molar-refractivity contribution in [2.75, 3.05) is 46.1 Å². The zero-order chi connectivity index (χ0) is 25.5. The molecule has 5 N–H and O–H groups in total. The number of H-pyrrole nitrogens is 1. The molecule has 11 heteroatoms. The third kappa shape index (κ3) is 7.28. The van der Waals surface area contributed by atoms with E-state index in [4.69, 9.17) is 27.2 Å². The Morgan fingerprint density at radius 2 is 2.06 bits per heavy atom.